The molecule has 0 unspecified atom stereocenters. The van der Waals surface area contributed by atoms with Gasteiger partial charge in [0.2, 0.25) is 0 Å². The molecule has 0 bridgehead atoms. The van der Waals surface area contributed by atoms with Crippen LogP contribution in [0.4, 0.5) is 0 Å². The van der Waals surface area contributed by atoms with Crippen molar-refractivity contribution in [1.29, 1.82) is 0 Å². The number of pyridine rings is 2. The minimum Gasteiger partial charge on any atom is -0.305 e. The molecular formula is C52H56IrN2SSi-2. The van der Waals surface area contributed by atoms with Crippen LogP contribution in [0.15, 0.2) is 109 Å². The van der Waals surface area contributed by atoms with Crippen LogP contribution in [-0.2, 0) is 20.1 Å². The minimum atomic E-state index is -1.34. The molecule has 4 aromatic carbocycles. The summed E-state index contributed by atoms with van der Waals surface area (Å²) >= 11 is 1.87. The third-order valence-corrected chi connectivity index (χ3v) is 15.4. The van der Waals surface area contributed by atoms with Crippen LogP contribution in [0.2, 0.25) is 19.6 Å². The fourth-order valence-corrected chi connectivity index (χ4v) is 11.8. The average molecular weight is 961 g/mol. The summed E-state index contributed by atoms with van der Waals surface area (Å²) in [6.45, 7) is 11.7. The summed E-state index contributed by atoms with van der Waals surface area (Å²) in [6, 6.07) is 42.5. The van der Waals surface area contributed by atoms with Crippen LogP contribution in [0.1, 0.15) is 112 Å². The third-order valence-electron chi connectivity index (χ3n) is 12.2. The first-order valence-corrected chi connectivity index (χ1v) is 25.4. The van der Waals surface area contributed by atoms with Crippen molar-refractivity contribution in [3.63, 3.8) is 0 Å². The maximum Gasteiger partial charge on any atom is 0.0799 e. The molecule has 0 aliphatic heterocycles. The van der Waals surface area contributed by atoms with Crippen LogP contribution in [0.5, 0.6) is 0 Å². The Morgan fingerprint density at radius 1 is 0.632 bits per heavy atom. The summed E-state index contributed by atoms with van der Waals surface area (Å²) in [5, 5.41) is 4.13. The Bertz CT molecular complexity index is 2400. The first kappa shape index (κ1) is 41.4. The maximum atomic E-state index is 4.74. The van der Waals surface area contributed by atoms with Crippen molar-refractivity contribution >= 4 is 44.8 Å². The normalized spacial score (nSPS) is 15.3. The molecule has 3 aromatic heterocycles. The zero-order chi connectivity index (χ0) is 38.6. The summed E-state index contributed by atoms with van der Waals surface area (Å²) in [6.07, 6.45) is 17.7. The molecule has 295 valence electrons. The standard InChI is InChI=1S/C35H34NS.C17H22NSi.Ir/c1-3-7-24(8-4-1)26-11-13-27(14-12-26)28-15-17-31-32-21-30(16-18-34(32)37-35(31)23-28)33-22-29(19-20-36-33)25-9-5-2-6-10-25;1-13(2)15-11-16(14-9-7-6-8-10-14)18-12-17(15)19(3,4)5;/h11-15,17-25H,1-10H2;6-9,11-13H,1-5H3;/q2*-1;. The van der Waals surface area contributed by atoms with Crippen LogP contribution >= 0.6 is 11.3 Å². The van der Waals surface area contributed by atoms with Gasteiger partial charge in [0.25, 0.3) is 0 Å². The molecule has 0 atom stereocenters. The Morgan fingerprint density at radius 2 is 1.32 bits per heavy atom. The second-order valence-electron chi connectivity index (χ2n) is 17.5. The van der Waals surface area contributed by atoms with Crippen molar-refractivity contribution in [2.75, 3.05) is 0 Å². The molecule has 2 aliphatic rings. The van der Waals surface area contributed by atoms with Gasteiger partial charge >= 0.3 is 0 Å². The molecule has 3 heterocycles. The van der Waals surface area contributed by atoms with Gasteiger partial charge in [0.15, 0.2) is 0 Å². The summed E-state index contributed by atoms with van der Waals surface area (Å²) in [4.78, 5) is 9.40. The number of thiophene rings is 1. The van der Waals surface area contributed by atoms with E-state index in [2.05, 4.69) is 136 Å². The molecular weight excluding hydrogens is 905 g/mol. The maximum absolute atomic E-state index is 4.74. The molecule has 2 nitrogen and oxygen atoms in total. The van der Waals surface area contributed by atoms with Gasteiger partial charge in [-0.25, -0.2) is 0 Å². The van der Waals surface area contributed by atoms with E-state index in [4.69, 9.17) is 4.98 Å². The van der Waals surface area contributed by atoms with Crippen LogP contribution in [0.25, 0.3) is 53.8 Å². The van der Waals surface area contributed by atoms with Crippen molar-refractivity contribution in [2.45, 2.75) is 115 Å². The van der Waals surface area contributed by atoms with Crippen molar-refractivity contribution in [3.8, 4) is 33.6 Å². The van der Waals surface area contributed by atoms with Crippen molar-refractivity contribution in [2.24, 2.45) is 0 Å². The fourth-order valence-electron chi connectivity index (χ4n) is 8.99. The minimum absolute atomic E-state index is 0. The Kier molecular flexibility index (Phi) is 13.4. The molecule has 5 heteroatoms. The summed E-state index contributed by atoms with van der Waals surface area (Å²) in [7, 11) is -1.34. The average Bonchev–Trinajstić information content (AvgIpc) is 3.62. The van der Waals surface area contributed by atoms with E-state index < -0.39 is 8.07 Å². The van der Waals surface area contributed by atoms with Gasteiger partial charge in [-0.05, 0) is 98.9 Å². The van der Waals surface area contributed by atoms with Crippen LogP contribution in [0.3, 0.4) is 0 Å². The molecule has 0 amide bonds. The van der Waals surface area contributed by atoms with Gasteiger partial charge in [-0.3, -0.25) is 0 Å². The molecule has 1 radical (unpaired) electrons. The van der Waals surface area contributed by atoms with E-state index in [1.807, 2.05) is 35.7 Å². The molecule has 2 saturated carbocycles. The van der Waals surface area contributed by atoms with Gasteiger partial charge < -0.3 is 9.97 Å². The number of nitrogens with zero attached hydrogens (tertiary/aromatic N) is 2. The van der Waals surface area contributed by atoms with Crippen LogP contribution < -0.4 is 5.19 Å². The summed E-state index contributed by atoms with van der Waals surface area (Å²) in [5.41, 5.74) is 11.3. The van der Waals surface area contributed by atoms with Gasteiger partial charge in [-0.15, -0.1) is 59.7 Å². The number of fused-ring (bicyclic) bond motifs is 3. The second-order valence-corrected chi connectivity index (χ2v) is 23.7. The SMILES string of the molecule is CC(C)c1cc(-c2[c-]cccc2)ncc1[Si](C)(C)C.[Ir].[c-]1cc2sc3cc(-c4ccc(C5CCCCC5)cc4)ccc3c2cc1-c1cc(C2CCCCC2)ccn1. The predicted molar refractivity (Wildman–Crippen MR) is 244 cm³/mol. The molecule has 7 aromatic rings. The van der Waals surface area contributed by atoms with E-state index in [1.165, 1.54) is 117 Å². The van der Waals surface area contributed by atoms with E-state index in [0.717, 1.165) is 28.4 Å². The smallest absolute Gasteiger partial charge is 0.0799 e. The zero-order valence-electron chi connectivity index (χ0n) is 34.3. The van der Waals surface area contributed by atoms with Crippen molar-refractivity contribution in [1.82, 2.24) is 9.97 Å². The summed E-state index contributed by atoms with van der Waals surface area (Å²) < 4.78 is 2.64. The van der Waals surface area contributed by atoms with Gasteiger partial charge in [0, 0.05) is 37.2 Å². The molecule has 57 heavy (non-hydrogen) atoms. The van der Waals surface area contributed by atoms with Gasteiger partial charge in [0.05, 0.1) is 8.07 Å². The Labute approximate surface area is 360 Å². The molecule has 2 fully saturated rings. The Hall–Kier alpha value is -3.73. The molecule has 2 aliphatic carbocycles. The van der Waals surface area contributed by atoms with E-state index in [1.54, 1.807) is 0 Å². The van der Waals surface area contributed by atoms with E-state index >= 15 is 0 Å². The number of benzene rings is 4. The first-order valence-electron chi connectivity index (χ1n) is 21.1. The van der Waals surface area contributed by atoms with Gasteiger partial charge in [0.1, 0.15) is 0 Å². The predicted octanol–water partition coefficient (Wildman–Crippen LogP) is 14.9. The number of hydrogen-bond donors (Lipinski definition) is 0. The first-order chi connectivity index (χ1) is 27.2. The number of hydrogen-bond acceptors (Lipinski definition) is 3. The number of aromatic nitrogens is 2. The number of rotatable bonds is 7. The van der Waals surface area contributed by atoms with Crippen molar-refractivity contribution < 1.29 is 20.1 Å². The molecule has 0 spiro atoms. The van der Waals surface area contributed by atoms with Crippen LogP contribution in [0, 0.1) is 12.1 Å². The fraction of sp³-hybridized carbons (Fsp3) is 0.346. The molecule has 9 rings (SSSR count). The Morgan fingerprint density at radius 3 is 1.98 bits per heavy atom. The van der Waals surface area contributed by atoms with Crippen molar-refractivity contribution in [3.05, 3.63) is 138 Å². The molecule has 0 N–H and O–H groups in total. The second kappa shape index (κ2) is 18.5. The van der Waals surface area contributed by atoms with Crippen LogP contribution in [-0.4, -0.2) is 18.0 Å². The quantitative estimate of drug-likeness (QED) is 0.118. The molecule has 0 saturated heterocycles. The Balaban J connectivity index is 0.000000211. The zero-order valence-corrected chi connectivity index (χ0v) is 38.5. The largest absolute Gasteiger partial charge is 0.305 e. The van der Waals surface area contributed by atoms with E-state index in [9.17, 15) is 0 Å². The third kappa shape index (κ3) is 9.60. The van der Waals surface area contributed by atoms with E-state index in [0.29, 0.717) is 11.8 Å². The summed E-state index contributed by atoms with van der Waals surface area (Å²) in [5.74, 6) is 1.99. The monoisotopic (exact) mass is 961 g/mol. The topological polar surface area (TPSA) is 25.8 Å². The van der Waals surface area contributed by atoms with E-state index in [-0.39, 0.29) is 20.1 Å². The van der Waals surface area contributed by atoms with Gasteiger partial charge in [-0.1, -0.05) is 137 Å². The van der Waals surface area contributed by atoms with Gasteiger partial charge in [-0.2, -0.15) is 11.3 Å².